The number of hydrogen-bond donors (Lipinski definition) is 2. The molecule has 2 aliphatic rings. The second-order valence-electron chi connectivity index (χ2n) is 6.87. The fraction of sp³-hybridized carbons (Fsp3) is 0.316. The molecule has 0 saturated heterocycles. The summed E-state index contributed by atoms with van der Waals surface area (Å²) in [4.78, 5) is 12.0. The van der Waals surface area contributed by atoms with Crippen LogP contribution in [0.1, 0.15) is 17.0 Å². The Bertz CT molecular complexity index is 1010. The molecule has 2 aromatic rings. The number of carbonyl (C=O) groups is 1. The average Bonchev–Trinajstić information content (AvgIpc) is 3.15. The van der Waals surface area contributed by atoms with Gasteiger partial charge in [0.2, 0.25) is 6.79 Å². The van der Waals surface area contributed by atoms with Crippen molar-refractivity contribution in [2.24, 2.45) is 5.41 Å². The molecule has 0 amide bonds. The molecule has 7 nitrogen and oxygen atoms in total. The Morgan fingerprint density at radius 2 is 1.81 bits per heavy atom. The van der Waals surface area contributed by atoms with Crippen LogP contribution >= 0.6 is 0 Å². The van der Waals surface area contributed by atoms with Crippen LogP contribution in [-0.2, 0) is 14.6 Å². The van der Waals surface area contributed by atoms with E-state index < -0.39 is 39.0 Å². The minimum atomic E-state index is -3.97. The molecule has 27 heavy (non-hydrogen) atoms. The SMILES string of the molecule is Cc1ccc(S(=O)(=O)[C@H]2[C@@H](c3ccc4c(c3)OCO4)[C@@]2(CO)C(=O)O)cc1. The summed E-state index contributed by atoms with van der Waals surface area (Å²) < 4.78 is 36.9. The Morgan fingerprint density at radius 1 is 1.15 bits per heavy atom. The summed E-state index contributed by atoms with van der Waals surface area (Å²) in [5.41, 5.74) is -0.419. The van der Waals surface area contributed by atoms with Crippen molar-refractivity contribution in [2.75, 3.05) is 13.4 Å². The van der Waals surface area contributed by atoms with E-state index in [-0.39, 0.29) is 11.7 Å². The highest BCUT2D eigenvalue weighted by atomic mass is 32.2. The molecule has 1 aliphatic heterocycles. The number of aliphatic carboxylic acids is 1. The number of rotatable bonds is 5. The average molecular weight is 390 g/mol. The van der Waals surface area contributed by atoms with Gasteiger partial charge in [-0.2, -0.15) is 0 Å². The molecular weight excluding hydrogens is 372 g/mol. The Morgan fingerprint density at radius 3 is 2.44 bits per heavy atom. The normalized spacial score (nSPS) is 26.0. The van der Waals surface area contributed by atoms with Crippen molar-refractivity contribution in [3.05, 3.63) is 53.6 Å². The lowest BCUT2D eigenvalue weighted by Gasteiger charge is -2.10. The molecule has 0 bridgehead atoms. The molecule has 1 aliphatic carbocycles. The smallest absolute Gasteiger partial charge is 0.314 e. The van der Waals surface area contributed by atoms with Crippen LogP contribution in [0.15, 0.2) is 47.4 Å². The lowest BCUT2D eigenvalue weighted by atomic mass is 10.00. The number of aryl methyl sites for hydroxylation is 1. The van der Waals surface area contributed by atoms with Gasteiger partial charge in [-0.25, -0.2) is 8.42 Å². The lowest BCUT2D eigenvalue weighted by Crippen LogP contribution is -2.27. The Kier molecular flexibility index (Phi) is 3.94. The van der Waals surface area contributed by atoms with E-state index in [0.29, 0.717) is 17.1 Å². The molecule has 2 N–H and O–H groups in total. The van der Waals surface area contributed by atoms with Crippen molar-refractivity contribution in [1.82, 2.24) is 0 Å². The number of aliphatic hydroxyl groups is 1. The maximum absolute atomic E-state index is 13.2. The van der Waals surface area contributed by atoms with Crippen molar-refractivity contribution in [2.45, 2.75) is 23.0 Å². The first kappa shape index (κ1) is 17.8. The number of ether oxygens (including phenoxy) is 2. The van der Waals surface area contributed by atoms with Gasteiger partial charge >= 0.3 is 5.97 Å². The largest absolute Gasteiger partial charge is 0.481 e. The van der Waals surface area contributed by atoms with Gasteiger partial charge in [-0.1, -0.05) is 23.8 Å². The second-order valence-corrected chi connectivity index (χ2v) is 8.94. The van der Waals surface area contributed by atoms with Crippen LogP contribution in [-0.4, -0.2) is 43.2 Å². The van der Waals surface area contributed by atoms with Crippen LogP contribution in [0.3, 0.4) is 0 Å². The van der Waals surface area contributed by atoms with E-state index in [2.05, 4.69) is 0 Å². The van der Waals surface area contributed by atoms with Gasteiger partial charge in [-0.15, -0.1) is 0 Å². The van der Waals surface area contributed by atoms with Gasteiger partial charge in [0.15, 0.2) is 21.3 Å². The number of sulfone groups is 1. The van der Waals surface area contributed by atoms with E-state index >= 15 is 0 Å². The Labute approximate surface area is 156 Å². The fourth-order valence-corrected chi connectivity index (χ4v) is 6.19. The van der Waals surface area contributed by atoms with E-state index in [4.69, 9.17) is 9.47 Å². The highest BCUT2D eigenvalue weighted by Crippen LogP contribution is 2.64. The summed E-state index contributed by atoms with van der Waals surface area (Å²) in [7, 11) is -3.97. The zero-order valence-corrected chi connectivity index (χ0v) is 15.3. The van der Waals surface area contributed by atoms with Crippen LogP contribution in [0.2, 0.25) is 0 Å². The summed E-state index contributed by atoms with van der Waals surface area (Å²) in [6, 6.07) is 11.1. The predicted octanol–water partition coefficient (Wildman–Crippen LogP) is 1.73. The first-order valence-corrected chi connectivity index (χ1v) is 9.91. The molecule has 1 saturated carbocycles. The van der Waals surface area contributed by atoms with Gasteiger partial charge in [-0.3, -0.25) is 4.79 Å². The number of benzene rings is 2. The molecule has 1 fully saturated rings. The van der Waals surface area contributed by atoms with Crippen LogP contribution in [0, 0.1) is 12.3 Å². The molecule has 2 aromatic carbocycles. The third kappa shape index (κ3) is 2.51. The third-order valence-electron chi connectivity index (χ3n) is 5.36. The standard InChI is InChI=1S/C19H18O7S/c1-11-2-5-13(6-3-11)27(23,24)17-16(19(17,9-20)18(21)22)12-4-7-14-15(8-12)26-10-25-14/h2-8,16-17,20H,9-10H2,1H3,(H,21,22)/t16-,17+,19-/m1/s1. The highest BCUT2D eigenvalue weighted by molar-refractivity contribution is 7.92. The minimum absolute atomic E-state index is 0.0421. The molecule has 1 heterocycles. The third-order valence-corrected chi connectivity index (χ3v) is 7.65. The van der Waals surface area contributed by atoms with Crippen molar-refractivity contribution in [3.8, 4) is 11.5 Å². The molecule has 0 spiro atoms. The van der Waals surface area contributed by atoms with Gasteiger partial charge < -0.3 is 19.7 Å². The number of carboxylic acid groups (broad SMARTS) is 1. The van der Waals surface area contributed by atoms with Gasteiger partial charge in [0, 0.05) is 5.92 Å². The van der Waals surface area contributed by atoms with Gasteiger partial charge in [-0.05, 0) is 36.8 Å². The van der Waals surface area contributed by atoms with Crippen molar-refractivity contribution < 1.29 is 32.9 Å². The van der Waals surface area contributed by atoms with Crippen molar-refractivity contribution in [3.63, 3.8) is 0 Å². The number of carboxylic acids is 1. The minimum Gasteiger partial charge on any atom is -0.481 e. The fourth-order valence-electron chi connectivity index (χ4n) is 3.82. The van der Waals surface area contributed by atoms with E-state index in [1.807, 2.05) is 6.92 Å². The number of hydrogen-bond acceptors (Lipinski definition) is 6. The van der Waals surface area contributed by atoms with E-state index in [0.717, 1.165) is 5.56 Å². The molecule has 142 valence electrons. The summed E-state index contributed by atoms with van der Waals surface area (Å²) in [5.74, 6) is -1.28. The van der Waals surface area contributed by atoms with Crippen LogP contribution in [0.4, 0.5) is 0 Å². The van der Waals surface area contributed by atoms with Gasteiger partial charge in [0.25, 0.3) is 0 Å². The van der Waals surface area contributed by atoms with Gasteiger partial charge in [0.1, 0.15) is 5.41 Å². The molecule has 3 atom stereocenters. The van der Waals surface area contributed by atoms with Crippen LogP contribution in [0.25, 0.3) is 0 Å². The van der Waals surface area contributed by atoms with Crippen LogP contribution < -0.4 is 9.47 Å². The zero-order chi connectivity index (χ0) is 19.4. The first-order chi connectivity index (χ1) is 12.8. The molecule has 0 aromatic heterocycles. The maximum Gasteiger partial charge on any atom is 0.314 e. The topological polar surface area (TPSA) is 110 Å². The first-order valence-electron chi connectivity index (χ1n) is 8.37. The quantitative estimate of drug-likeness (QED) is 0.800. The van der Waals surface area contributed by atoms with Crippen molar-refractivity contribution >= 4 is 15.8 Å². The zero-order valence-electron chi connectivity index (χ0n) is 14.5. The molecule has 8 heteroatoms. The highest BCUT2D eigenvalue weighted by Gasteiger charge is 2.75. The Balaban J connectivity index is 1.80. The summed E-state index contributed by atoms with van der Waals surface area (Å²) in [6.07, 6.45) is 0. The molecule has 0 radical (unpaired) electrons. The molecular formula is C19H18O7S. The number of fused-ring (bicyclic) bond motifs is 1. The monoisotopic (exact) mass is 390 g/mol. The number of aliphatic hydroxyl groups excluding tert-OH is 1. The van der Waals surface area contributed by atoms with E-state index in [9.17, 15) is 23.4 Å². The second kappa shape index (κ2) is 5.97. The maximum atomic E-state index is 13.2. The van der Waals surface area contributed by atoms with Crippen molar-refractivity contribution in [1.29, 1.82) is 0 Å². The van der Waals surface area contributed by atoms with E-state index in [1.54, 1.807) is 30.3 Å². The predicted molar refractivity (Wildman–Crippen MR) is 94.6 cm³/mol. The van der Waals surface area contributed by atoms with Gasteiger partial charge in [0.05, 0.1) is 16.8 Å². The molecule has 0 unspecified atom stereocenters. The summed E-state index contributed by atoms with van der Waals surface area (Å²) in [6.45, 7) is 1.11. The molecule has 4 rings (SSSR count). The summed E-state index contributed by atoms with van der Waals surface area (Å²) >= 11 is 0. The lowest BCUT2D eigenvalue weighted by molar-refractivity contribution is -0.145. The van der Waals surface area contributed by atoms with E-state index in [1.165, 1.54) is 12.1 Å². The van der Waals surface area contributed by atoms with Crippen LogP contribution in [0.5, 0.6) is 11.5 Å². The Hall–Kier alpha value is -2.58. The summed E-state index contributed by atoms with van der Waals surface area (Å²) in [5, 5.41) is 18.4.